The number of aliphatic carboxylic acids is 1. The third-order valence-electron chi connectivity index (χ3n) is 2.32. The van der Waals surface area contributed by atoms with Crippen LogP contribution in [-0.4, -0.2) is 42.6 Å². The first-order valence-electron chi connectivity index (χ1n) is 4.61. The maximum Gasteiger partial charge on any atom is 0.320 e. The van der Waals surface area contributed by atoms with Crippen LogP contribution in [0.25, 0.3) is 0 Å². The average molecular weight is 221 g/mol. The molecule has 1 atom stereocenters. The van der Waals surface area contributed by atoms with E-state index in [-0.39, 0.29) is 0 Å². The quantitative estimate of drug-likeness (QED) is 0.735. The van der Waals surface area contributed by atoms with Crippen LogP contribution in [-0.2, 0) is 14.8 Å². The smallest absolute Gasteiger partial charge is 0.320 e. The van der Waals surface area contributed by atoms with Gasteiger partial charge in [-0.05, 0) is 18.8 Å². The summed E-state index contributed by atoms with van der Waals surface area (Å²) in [4.78, 5) is 10.3. The van der Waals surface area contributed by atoms with Gasteiger partial charge in [-0.25, -0.2) is 12.7 Å². The largest absolute Gasteiger partial charge is 0.480 e. The maximum atomic E-state index is 11.5. The van der Waals surface area contributed by atoms with Gasteiger partial charge in [0.2, 0.25) is 10.0 Å². The standard InChI is InChI=1S/C8H15NO4S/c1-7-3-2-4-9(5-7)14(12,13)6-8(10)11/h7H,2-6H2,1H3,(H,10,11). The van der Waals surface area contributed by atoms with Crippen molar-refractivity contribution in [1.29, 1.82) is 0 Å². The average Bonchev–Trinajstić information content (AvgIpc) is 2.01. The number of piperidine rings is 1. The summed E-state index contributed by atoms with van der Waals surface area (Å²) in [6, 6.07) is 0. The summed E-state index contributed by atoms with van der Waals surface area (Å²) in [6.45, 7) is 2.89. The first-order chi connectivity index (χ1) is 6.42. The van der Waals surface area contributed by atoms with Crippen molar-refractivity contribution in [3.8, 4) is 0 Å². The summed E-state index contributed by atoms with van der Waals surface area (Å²) in [6.07, 6.45) is 1.83. The zero-order valence-electron chi connectivity index (χ0n) is 8.14. The predicted octanol–water partition coefficient (Wildman–Crippen LogP) is 0.133. The fourth-order valence-corrected chi connectivity index (χ4v) is 3.03. The highest BCUT2D eigenvalue weighted by molar-refractivity contribution is 7.89. The van der Waals surface area contributed by atoms with Crippen molar-refractivity contribution in [2.75, 3.05) is 18.8 Å². The van der Waals surface area contributed by atoms with Gasteiger partial charge in [-0.1, -0.05) is 6.92 Å². The fourth-order valence-electron chi connectivity index (χ4n) is 1.65. The molecule has 1 unspecified atom stereocenters. The molecule has 0 aliphatic carbocycles. The van der Waals surface area contributed by atoms with Crippen LogP contribution in [0.2, 0.25) is 0 Å². The second-order valence-corrected chi connectivity index (χ2v) is 5.72. The van der Waals surface area contributed by atoms with E-state index in [9.17, 15) is 13.2 Å². The molecule has 1 heterocycles. The zero-order valence-corrected chi connectivity index (χ0v) is 8.96. The second kappa shape index (κ2) is 4.27. The number of hydrogen-bond donors (Lipinski definition) is 1. The molecule has 1 fully saturated rings. The first-order valence-corrected chi connectivity index (χ1v) is 6.22. The molecule has 1 saturated heterocycles. The van der Waals surface area contributed by atoms with Crippen LogP contribution in [0.5, 0.6) is 0 Å². The summed E-state index contributed by atoms with van der Waals surface area (Å²) in [5.74, 6) is -1.75. The highest BCUT2D eigenvalue weighted by Crippen LogP contribution is 2.18. The van der Waals surface area contributed by atoms with Gasteiger partial charge < -0.3 is 5.11 Å². The summed E-state index contributed by atoms with van der Waals surface area (Å²) < 4.78 is 24.3. The van der Waals surface area contributed by atoms with Gasteiger partial charge >= 0.3 is 5.97 Å². The van der Waals surface area contributed by atoms with Crippen LogP contribution >= 0.6 is 0 Å². The third-order valence-corrected chi connectivity index (χ3v) is 4.05. The lowest BCUT2D eigenvalue weighted by Gasteiger charge is -2.29. The summed E-state index contributed by atoms with van der Waals surface area (Å²) >= 11 is 0. The minimum Gasteiger partial charge on any atom is -0.480 e. The van der Waals surface area contributed by atoms with Gasteiger partial charge in [-0.3, -0.25) is 4.79 Å². The van der Waals surface area contributed by atoms with E-state index in [0.717, 1.165) is 12.8 Å². The molecule has 1 N–H and O–H groups in total. The Morgan fingerprint density at radius 3 is 2.71 bits per heavy atom. The van der Waals surface area contributed by atoms with Crippen molar-refractivity contribution in [3.05, 3.63) is 0 Å². The molecule has 82 valence electrons. The van der Waals surface area contributed by atoms with Crippen molar-refractivity contribution < 1.29 is 18.3 Å². The molecule has 5 nitrogen and oxygen atoms in total. The van der Waals surface area contributed by atoms with Gasteiger partial charge in [0.1, 0.15) is 0 Å². The van der Waals surface area contributed by atoms with E-state index in [1.165, 1.54) is 4.31 Å². The van der Waals surface area contributed by atoms with Crippen LogP contribution in [0.15, 0.2) is 0 Å². The van der Waals surface area contributed by atoms with Crippen LogP contribution < -0.4 is 0 Å². The Morgan fingerprint density at radius 1 is 1.57 bits per heavy atom. The topological polar surface area (TPSA) is 74.7 Å². The highest BCUT2D eigenvalue weighted by Gasteiger charge is 2.28. The number of carboxylic acid groups (broad SMARTS) is 1. The molecular weight excluding hydrogens is 206 g/mol. The van der Waals surface area contributed by atoms with Gasteiger partial charge in [0, 0.05) is 13.1 Å². The van der Waals surface area contributed by atoms with E-state index in [2.05, 4.69) is 0 Å². The molecule has 0 spiro atoms. The van der Waals surface area contributed by atoms with Crippen LogP contribution in [0.3, 0.4) is 0 Å². The maximum absolute atomic E-state index is 11.5. The molecule has 0 amide bonds. The fraction of sp³-hybridized carbons (Fsp3) is 0.875. The lowest BCUT2D eigenvalue weighted by molar-refractivity contribution is -0.134. The molecule has 0 bridgehead atoms. The Bertz CT molecular complexity index is 311. The highest BCUT2D eigenvalue weighted by atomic mass is 32.2. The van der Waals surface area contributed by atoms with Crippen molar-refractivity contribution in [2.45, 2.75) is 19.8 Å². The summed E-state index contributed by atoms with van der Waals surface area (Å²) in [5, 5.41) is 8.44. The van der Waals surface area contributed by atoms with Gasteiger partial charge in [0.25, 0.3) is 0 Å². The van der Waals surface area contributed by atoms with E-state index >= 15 is 0 Å². The van der Waals surface area contributed by atoms with Crippen molar-refractivity contribution in [3.63, 3.8) is 0 Å². The second-order valence-electron chi connectivity index (χ2n) is 3.76. The normalized spacial score (nSPS) is 24.8. The Kier molecular flexibility index (Phi) is 3.49. The number of sulfonamides is 1. The minimum atomic E-state index is -3.58. The Labute approximate surface area is 83.8 Å². The molecule has 14 heavy (non-hydrogen) atoms. The third kappa shape index (κ3) is 2.95. The van der Waals surface area contributed by atoms with Gasteiger partial charge in [0.05, 0.1) is 0 Å². The lowest BCUT2D eigenvalue weighted by Crippen LogP contribution is -2.41. The van der Waals surface area contributed by atoms with Crippen molar-refractivity contribution >= 4 is 16.0 Å². The van der Waals surface area contributed by atoms with Gasteiger partial charge in [-0.15, -0.1) is 0 Å². The SMILES string of the molecule is CC1CCCN(S(=O)(=O)CC(=O)O)C1. The van der Waals surface area contributed by atoms with Crippen molar-refractivity contribution in [2.24, 2.45) is 5.92 Å². The van der Waals surface area contributed by atoms with E-state index in [0.29, 0.717) is 19.0 Å². The minimum absolute atomic E-state index is 0.326. The Hall–Kier alpha value is -0.620. The summed E-state index contributed by atoms with van der Waals surface area (Å²) in [7, 11) is -3.58. The molecule has 0 aromatic carbocycles. The number of rotatable bonds is 3. The number of carbonyl (C=O) groups is 1. The first kappa shape index (κ1) is 11.5. The Balaban J connectivity index is 2.67. The number of hydrogen-bond acceptors (Lipinski definition) is 3. The van der Waals surface area contributed by atoms with Crippen LogP contribution in [0.1, 0.15) is 19.8 Å². The van der Waals surface area contributed by atoms with Crippen LogP contribution in [0, 0.1) is 5.92 Å². The van der Waals surface area contributed by atoms with E-state index < -0.39 is 21.7 Å². The van der Waals surface area contributed by atoms with Gasteiger partial charge in [0.15, 0.2) is 5.75 Å². The molecule has 0 aromatic heterocycles. The lowest BCUT2D eigenvalue weighted by atomic mass is 10.0. The molecule has 1 aliphatic rings. The zero-order chi connectivity index (χ0) is 10.8. The molecule has 0 radical (unpaired) electrons. The van der Waals surface area contributed by atoms with E-state index in [4.69, 9.17) is 5.11 Å². The molecule has 0 saturated carbocycles. The van der Waals surface area contributed by atoms with Crippen LogP contribution in [0.4, 0.5) is 0 Å². The Morgan fingerprint density at radius 2 is 2.21 bits per heavy atom. The monoisotopic (exact) mass is 221 g/mol. The van der Waals surface area contributed by atoms with Crippen molar-refractivity contribution in [1.82, 2.24) is 4.31 Å². The number of nitrogens with zero attached hydrogens (tertiary/aromatic N) is 1. The molecule has 6 heteroatoms. The molecule has 0 aromatic rings. The molecule has 1 rings (SSSR count). The summed E-state index contributed by atoms with van der Waals surface area (Å²) in [5.41, 5.74) is 0. The van der Waals surface area contributed by atoms with E-state index in [1.54, 1.807) is 0 Å². The molecular formula is C8H15NO4S. The van der Waals surface area contributed by atoms with Gasteiger partial charge in [-0.2, -0.15) is 0 Å². The number of carboxylic acids is 1. The van der Waals surface area contributed by atoms with E-state index in [1.807, 2.05) is 6.92 Å². The predicted molar refractivity (Wildman–Crippen MR) is 51.4 cm³/mol. The molecule has 1 aliphatic heterocycles.